The second-order valence-corrected chi connectivity index (χ2v) is 4.52. The fourth-order valence-electron chi connectivity index (χ4n) is 1.29. The molecule has 0 saturated heterocycles. The van der Waals surface area contributed by atoms with Crippen molar-refractivity contribution >= 4 is 21.7 Å². The molecule has 0 amide bonds. The standard InChI is InChI=1S/C13H15BrO/c1-10(2)13(14)12(15)9-8-11-6-4-3-5-7-11/h3-7H,8-9H2,1-2H3. The quantitative estimate of drug-likeness (QED) is 0.757. The van der Waals surface area contributed by atoms with E-state index in [1.165, 1.54) is 5.56 Å². The molecular formula is C13H15BrO. The number of carbonyl (C=O) groups excluding carboxylic acids is 1. The van der Waals surface area contributed by atoms with Crippen LogP contribution in [0.1, 0.15) is 25.8 Å². The molecule has 1 aromatic rings. The molecule has 0 aromatic heterocycles. The largest absolute Gasteiger partial charge is 0.294 e. The minimum atomic E-state index is 0.179. The first-order valence-corrected chi connectivity index (χ1v) is 5.80. The minimum Gasteiger partial charge on any atom is -0.294 e. The average molecular weight is 267 g/mol. The summed E-state index contributed by atoms with van der Waals surface area (Å²) in [6.45, 7) is 3.87. The van der Waals surface area contributed by atoms with Gasteiger partial charge in [0.15, 0.2) is 5.78 Å². The number of benzene rings is 1. The summed E-state index contributed by atoms with van der Waals surface area (Å²) in [5.41, 5.74) is 2.24. The first-order valence-electron chi connectivity index (χ1n) is 5.01. The van der Waals surface area contributed by atoms with Gasteiger partial charge in [0.1, 0.15) is 0 Å². The molecule has 1 rings (SSSR count). The number of halogens is 1. The molecule has 2 heteroatoms. The van der Waals surface area contributed by atoms with Gasteiger partial charge in [0.05, 0.1) is 4.48 Å². The van der Waals surface area contributed by atoms with Crippen molar-refractivity contribution in [2.75, 3.05) is 0 Å². The van der Waals surface area contributed by atoms with Gasteiger partial charge in [0, 0.05) is 6.42 Å². The topological polar surface area (TPSA) is 17.1 Å². The van der Waals surface area contributed by atoms with Crippen LogP contribution in [0.3, 0.4) is 0 Å². The molecule has 0 aliphatic carbocycles. The lowest BCUT2D eigenvalue weighted by molar-refractivity contribution is -0.114. The molecule has 0 aliphatic heterocycles. The van der Waals surface area contributed by atoms with E-state index in [0.717, 1.165) is 16.5 Å². The number of ketones is 1. The predicted octanol–water partition coefficient (Wildman–Crippen LogP) is 3.88. The molecule has 0 heterocycles. The summed E-state index contributed by atoms with van der Waals surface area (Å²) in [6, 6.07) is 10.1. The predicted molar refractivity (Wildman–Crippen MR) is 67.1 cm³/mol. The van der Waals surface area contributed by atoms with Gasteiger partial charge in [0.25, 0.3) is 0 Å². The zero-order valence-corrected chi connectivity index (χ0v) is 10.7. The monoisotopic (exact) mass is 266 g/mol. The minimum absolute atomic E-state index is 0.179. The Balaban J connectivity index is 2.52. The number of rotatable bonds is 4. The highest BCUT2D eigenvalue weighted by Gasteiger charge is 2.07. The highest BCUT2D eigenvalue weighted by molar-refractivity contribution is 9.12. The Hall–Kier alpha value is -0.890. The van der Waals surface area contributed by atoms with Crippen LogP contribution in [0, 0.1) is 0 Å². The van der Waals surface area contributed by atoms with Crippen LogP contribution < -0.4 is 0 Å². The van der Waals surface area contributed by atoms with Crippen molar-refractivity contribution in [1.82, 2.24) is 0 Å². The van der Waals surface area contributed by atoms with E-state index in [9.17, 15) is 4.79 Å². The first-order chi connectivity index (χ1) is 7.11. The van der Waals surface area contributed by atoms with Crippen molar-refractivity contribution in [3.05, 3.63) is 46.0 Å². The van der Waals surface area contributed by atoms with E-state index < -0.39 is 0 Å². The van der Waals surface area contributed by atoms with E-state index in [0.29, 0.717) is 6.42 Å². The van der Waals surface area contributed by atoms with E-state index in [1.54, 1.807) is 0 Å². The van der Waals surface area contributed by atoms with E-state index in [4.69, 9.17) is 0 Å². The molecular weight excluding hydrogens is 252 g/mol. The van der Waals surface area contributed by atoms with Gasteiger partial charge in [-0.15, -0.1) is 0 Å². The second-order valence-electron chi connectivity index (χ2n) is 3.72. The summed E-state index contributed by atoms with van der Waals surface area (Å²) in [5.74, 6) is 0.179. The van der Waals surface area contributed by atoms with E-state index >= 15 is 0 Å². The van der Waals surface area contributed by atoms with Crippen LogP contribution in [0.5, 0.6) is 0 Å². The Labute approximate surface area is 99.3 Å². The summed E-state index contributed by atoms with van der Waals surface area (Å²) in [4.78, 5) is 11.7. The van der Waals surface area contributed by atoms with Crippen LogP contribution in [0.4, 0.5) is 0 Å². The number of carbonyl (C=O) groups is 1. The Morgan fingerprint density at radius 3 is 2.33 bits per heavy atom. The second kappa shape index (κ2) is 5.86. The number of aryl methyl sites for hydroxylation is 1. The van der Waals surface area contributed by atoms with Gasteiger partial charge in [-0.25, -0.2) is 0 Å². The number of hydrogen-bond donors (Lipinski definition) is 0. The SMILES string of the molecule is CC(C)=C(Br)C(=O)CCc1ccccc1. The van der Waals surface area contributed by atoms with E-state index in [1.807, 2.05) is 44.2 Å². The maximum atomic E-state index is 11.7. The van der Waals surface area contributed by atoms with Crippen molar-refractivity contribution in [3.8, 4) is 0 Å². The lowest BCUT2D eigenvalue weighted by atomic mass is 10.1. The first kappa shape index (κ1) is 12.2. The molecule has 1 aromatic carbocycles. The molecule has 0 bridgehead atoms. The van der Waals surface area contributed by atoms with Crippen LogP contribution in [0.25, 0.3) is 0 Å². The number of Topliss-reactive ketones (excluding diaryl/α,β-unsaturated/α-hetero) is 1. The van der Waals surface area contributed by atoms with Gasteiger partial charge in [-0.05, 0) is 41.8 Å². The lowest BCUT2D eigenvalue weighted by Crippen LogP contribution is -2.01. The fraction of sp³-hybridized carbons (Fsp3) is 0.308. The highest BCUT2D eigenvalue weighted by Crippen LogP contribution is 2.15. The van der Waals surface area contributed by atoms with Crippen molar-refractivity contribution in [2.45, 2.75) is 26.7 Å². The van der Waals surface area contributed by atoms with Crippen molar-refractivity contribution in [1.29, 1.82) is 0 Å². The summed E-state index contributed by atoms with van der Waals surface area (Å²) in [7, 11) is 0. The number of allylic oxidation sites excluding steroid dienone is 2. The van der Waals surface area contributed by atoms with Crippen LogP contribution in [-0.4, -0.2) is 5.78 Å². The van der Waals surface area contributed by atoms with Gasteiger partial charge >= 0.3 is 0 Å². The summed E-state index contributed by atoms with van der Waals surface area (Å²) in [6.07, 6.45) is 1.37. The van der Waals surface area contributed by atoms with Crippen LogP contribution in [-0.2, 0) is 11.2 Å². The average Bonchev–Trinajstić information content (AvgIpc) is 2.26. The summed E-state index contributed by atoms with van der Waals surface area (Å²) >= 11 is 3.31. The molecule has 0 unspecified atom stereocenters. The highest BCUT2D eigenvalue weighted by atomic mass is 79.9. The van der Waals surface area contributed by atoms with Gasteiger partial charge < -0.3 is 0 Å². The van der Waals surface area contributed by atoms with Gasteiger partial charge in [-0.2, -0.15) is 0 Å². The Morgan fingerprint density at radius 2 is 1.80 bits per heavy atom. The molecule has 0 saturated carbocycles. The van der Waals surface area contributed by atoms with Crippen LogP contribution in [0.15, 0.2) is 40.4 Å². The lowest BCUT2D eigenvalue weighted by Gasteiger charge is -2.02. The molecule has 0 N–H and O–H groups in total. The molecule has 1 nitrogen and oxygen atoms in total. The van der Waals surface area contributed by atoms with Crippen LogP contribution in [0.2, 0.25) is 0 Å². The Bertz CT molecular complexity index is 361. The smallest absolute Gasteiger partial charge is 0.170 e. The zero-order valence-electron chi connectivity index (χ0n) is 9.09. The van der Waals surface area contributed by atoms with Crippen molar-refractivity contribution in [3.63, 3.8) is 0 Å². The molecule has 15 heavy (non-hydrogen) atoms. The molecule has 0 fully saturated rings. The molecule has 0 spiro atoms. The fourth-order valence-corrected chi connectivity index (χ4v) is 1.49. The Morgan fingerprint density at radius 1 is 1.20 bits per heavy atom. The summed E-state index contributed by atoms with van der Waals surface area (Å²) < 4.78 is 0.721. The molecule has 0 radical (unpaired) electrons. The van der Waals surface area contributed by atoms with E-state index in [2.05, 4.69) is 15.9 Å². The number of hydrogen-bond acceptors (Lipinski definition) is 1. The third kappa shape index (κ3) is 4.00. The molecule has 0 aliphatic rings. The Kier molecular flexibility index (Phi) is 4.76. The maximum Gasteiger partial charge on any atom is 0.170 e. The van der Waals surface area contributed by atoms with Gasteiger partial charge in [0.2, 0.25) is 0 Å². The molecule has 80 valence electrons. The van der Waals surface area contributed by atoms with E-state index in [-0.39, 0.29) is 5.78 Å². The summed E-state index contributed by atoms with van der Waals surface area (Å²) in [5, 5.41) is 0. The van der Waals surface area contributed by atoms with Crippen LogP contribution >= 0.6 is 15.9 Å². The third-order valence-electron chi connectivity index (χ3n) is 2.17. The van der Waals surface area contributed by atoms with Gasteiger partial charge in [-0.3, -0.25) is 4.79 Å². The normalized spacial score (nSPS) is 9.80. The van der Waals surface area contributed by atoms with Gasteiger partial charge in [-0.1, -0.05) is 35.9 Å². The van der Waals surface area contributed by atoms with Crippen molar-refractivity contribution < 1.29 is 4.79 Å². The zero-order chi connectivity index (χ0) is 11.3. The molecule has 0 atom stereocenters. The maximum absolute atomic E-state index is 11.7. The third-order valence-corrected chi connectivity index (χ3v) is 3.40. The van der Waals surface area contributed by atoms with Crippen molar-refractivity contribution in [2.24, 2.45) is 0 Å².